The first-order valence-electron chi connectivity index (χ1n) is 4.45. The van der Waals surface area contributed by atoms with E-state index in [4.69, 9.17) is 11.6 Å². The van der Waals surface area contributed by atoms with Gasteiger partial charge >= 0.3 is 0 Å². The molecular formula is C10H14ClNOS. The Hall–Kier alpha value is -0.220. The van der Waals surface area contributed by atoms with E-state index in [1.54, 1.807) is 4.31 Å². The Labute approximate surface area is 93.2 Å². The molecule has 0 amide bonds. The molecule has 0 aliphatic carbocycles. The molecule has 0 bridgehead atoms. The Morgan fingerprint density at radius 3 is 2.64 bits per heavy atom. The summed E-state index contributed by atoms with van der Waals surface area (Å²) in [6, 6.07) is 5.57. The van der Waals surface area contributed by atoms with Gasteiger partial charge in [0, 0.05) is 13.6 Å². The van der Waals surface area contributed by atoms with Crippen molar-refractivity contribution in [2.24, 2.45) is 0 Å². The van der Waals surface area contributed by atoms with Crippen LogP contribution in [0, 0.1) is 6.92 Å². The average Bonchev–Trinajstić information content (AvgIpc) is 2.15. The third kappa shape index (κ3) is 2.64. The second-order valence-electron chi connectivity index (χ2n) is 3.13. The van der Waals surface area contributed by atoms with Gasteiger partial charge in [-0.05, 0) is 31.5 Å². The van der Waals surface area contributed by atoms with Gasteiger partial charge in [0.1, 0.15) is 0 Å². The van der Waals surface area contributed by atoms with Crippen LogP contribution >= 0.6 is 11.6 Å². The van der Waals surface area contributed by atoms with Gasteiger partial charge < -0.3 is 4.55 Å². The summed E-state index contributed by atoms with van der Waals surface area (Å²) in [4.78, 5) is 0.682. The summed E-state index contributed by atoms with van der Waals surface area (Å²) >= 11 is 4.86. The Morgan fingerprint density at radius 1 is 1.50 bits per heavy atom. The van der Waals surface area contributed by atoms with E-state index in [0.29, 0.717) is 9.92 Å². The molecule has 0 aliphatic heterocycles. The molecule has 1 aromatic rings. The highest BCUT2D eigenvalue weighted by atomic mass is 35.5. The number of halogens is 1. The van der Waals surface area contributed by atoms with Crippen LogP contribution in [0.4, 0.5) is 0 Å². The van der Waals surface area contributed by atoms with Gasteiger partial charge in [-0.3, -0.25) is 0 Å². The molecule has 0 saturated carbocycles. The smallest absolute Gasteiger partial charge is 0.192 e. The molecule has 78 valence electrons. The SMILES string of the molecule is CCN(C)[S+]([O-])c1ccc(C)cc1Cl. The van der Waals surface area contributed by atoms with Crippen LogP contribution in [0.15, 0.2) is 23.1 Å². The summed E-state index contributed by atoms with van der Waals surface area (Å²) in [6.07, 6.45) is 0. The van der Waals surface area contributed by atoms with E-state index >= 15 is 0 Å². The second-order valence-corrected chi connectivity index (χ2v) is 5.10. The van der Waals surface area contributed by atoms with Crippen molar-refractivity contribution in [3.8, 4) is 0 Å². The molecule has 0 aliphatic rings. The molecule has 1 rings (SSSR count). The summed E-state index contributed by atoms with van der Waals surface area (Å²) in [5.41, 5.74) is 1.08. The molecule has 0 fully saturated rings. The van der Waals surface area contributed by atoms with E-state index in [-0.39, 0.29) is 0 Å². The lowest BCUT2D eigenvalue weighted by Crippen LogP contribution is -2.26. The zero-order valence-electron chi connectivity index (χ0n) is 8.58. The molecule has 0 N–H and O–H groups in total. The van der Waals surface area contributed by atoms with Crippen LogP contribution in [-0.2, 0) is 11.4 Å². The highest BCUT2D eigenvalue weighted by Gasteiger charge is 2.19. The topological polar surface area (TPSA) is 26.3 Å². The Balaban J connectivity index is 2.95. The van der Waals surface area contributed by atoms with Crippen molar-refractivity contribution in [2.45, 2.75) is 18.7 Å². The monoisotopic (exact) mass is 231 g/mol. The molecule has 1 aromatic carbocycles. The highest BCUT2D eigenvalue weighted by molar-refractivity contribution is 7.89. The number of nitrogens with zero attached hydrogens (tertiary/aromatic N) is 1. The first kappa shape index (κ1) is 11.9. The lowest BCUT2D eigenvalue weighted by molar-refractivity contribution is 0.486. The third-order valence-electron chi connectivity index (χ3n) is 2.00. The predicted octanol–water partition coefficient (Wildman–Crippen LogP) is 2.62. The van der Waals surface area contributed by atoms with Crippen molar-refractivity contribution in [3.63, 3.8) is 0 Å². The maximum atomic E-state index is 11.9. The van der Waals surface area contributed by atoms with Gasteiger partial charge in [-0.15, -0.1) is 4.31 Å². The van der Waals surface area contributed by atoms with Crippen molar-refractivity contribution < 1.29 is 4.55 Å². The molecule has 14 heavy (non-hydrogen) atoms. The first-order valence-corrected chi connectivity index (χ1v) is 5.94. The largest absolute Gasteiger partial charge is 0.593 e. The number of rotatable bonds is 3. The van der Waals surface area contributed by atoms with Gasteiger partial charge in [0.25, 0.3) is 0 Å². The minimum Gasteiger partial charge on any atom is -0.593 e. The number of hydrogen-bond donors (Lipinski definition) is 0. The van der Waals surface area contributed by atoms with Crippen LogP contribution in [0.1, 0.15) is 12.5 Å². The minimum absolute atomic E-state index is 0.573. The van der Waals surface area contributed by atoms with Gasteiger partial charge in [-0.1, -0.05) is 17.7 Å². The molecule has 4 heteroatoms. The van der Waals surface area contributed by atoms with Crippen LogP contribution in [0.3, 0.4) is 0 Å². The average molecular weight is 232 g/mol. The molecule has 0 radical (unpaired) electrons. The summed E-state index contributed by atoms with van der Waals surface area (Å²) in [5.74, 6) is 0. The van der Waals surface area contributed by atoms with Crippen molar-refractivity contribution in [3.05, 3.63) is 28.8 Å². The van der Waals surface area contributed by atoms with Gasteiger partial charge in [0.15, 0.2) is 4.90 Å². The zero-order chi connectivity index (χ0) is 10.7. The minimum atomic E-state index is -1.15. The maximum absolute atomic E-state index is 11.9. The lowest BCUT2D eigenvalue weighted by atomic mass is 10.2. The van der Waals surface area contributed by atoms with Crippen molar-refractivity contribution in [1.29, 1.82) is 0 Å². The summed E-state index contributed by atoms with van der Waals surface area (Å²) in [5, 5.41) is 0.573. The summed E-state index contributed by atoms with van der Waals surface area (Å²) in [6.45, 7) is 4.65. The maximum Gasteiger partial charge on any atom is 0.192 e. The molecule has 0 aromatic heterocycles. The fourth-order valence-electron chi connectivity index (χ4n) is 1.03. The Kier molecular flexibility index (Phi) is 4.26. The van der Waals surface area contributed by atoms with Crippen LogP contribution in [-0.4, -0.2) is 22.5 Å². The molecule has 0 spiro atoms. The second kappa shape index (κ2) is 5.03. The van der Waals surface area contributed by atoms with Crippen LogP contribution in [0.5, 0.6) is 0 Å². The van der Waals surface area contributed by atoms with Gasteiger partial charge in [-0.2, -0.15) is 0 Å². The number of hydrogen-bond acceptors (Lipinski definition) is 2. The summed E-state index contributed by atoms with van der Waals surface area (Å²) in [7, 11) is 1.81. The first-order chi connectivity index (χ1) is 6.56. The molecule has 1 atom stereocenters. The van der Waals surface area contributed by atoms with Crippen molar-refractivity contribution in [1.82, 2.24) is 4.31 Å². The fourth-order valence-corrected chi connectivity index (χ4v) is 2.45. The molecule has 0 saturated heterocycles. The predicted molar refractivity (Wildman–Crippen MR) is 60.9 cm³/mol. The van der Waals surface area contributed by atoms with Crippen molar-refractivity contribution in [2.75, 3.05) is 13.6 Å². The van der Waals surface area contributed by atoms with Gasteiger partial charge in [-0.25, -0.2) is 0 Å². The van der Waals surface area contributed by atoms with E-state index in [1.807, 2.05) is 39.1 Å². The number of benzene rings is 1. The van der Waals surface area contributed by atoms with E-state index in [1.165, 1.54) is 0 Å². The Morgan fingerprint density at radius 2 is 2.14 bits per heavy atom. The van der Waals surface area contributed by atoms with Crippen LogP contribution in [0.2, 0.25) is 5.02 Å². The van der Waals surface area contributed by atoms with E-state index in [2.05, 4.69) is 0 Å². The lowest BCUT2D eigenvalue weighted by Gasteiger charge is -2.18. The molecule has 2 nitrogen and oxygen atoms in total. The fraction of sp³-hybridized carbons (Fsp3) is 0.400. The van der Waals surface area contributed by atoms with Crippen LogP contribution < -0.4 is 0 Å². The quantitative estimate of drug-likeness (QED) is 0.748. The zero-order valence-corrected chi connectivity index (χ0v) is 10.2. The highest BCUT2D eigenvalue weighted by Crippen LogP contribution is 2.24. The van der Waals surface area contributed by atoms with E-state index < -0.39 is 11.4 Å². The summed E-state index contributed by atoms with van der Waals surface area (Å²) < 4.78 is 13.6. The van der Waals surface area contributed by atoms with E-state index in [0.717, 1.165) is 12.1 Å². The van der Waals surface area contributed by atoms with Gasteiger partial charge in [0.2, 0.25) is 0 Å². The molecular weight excluding hydrogens is 218 g/mol. The van der Waals surface area contributed by atoms with Crippen molar-refractivity contribution >= 4 is 23.0 Å². The standard InChI is InChI=1S/C10H14ClNOS/c1-4-12(3)14(13)10-6-5-8(2)7-9(10)11/h5-7H,4H2,1-3H3. The van der Waals surface area contributed by atoms with Crippen LogP contribution in [0.25, 0.3) is 0 Å². The van der Waals surface area contributed by atoms with Gasteiger partial charge in [0.05, 0.1) is 16.4 Å². The van der Waals surface area contributed by atoms with E-state index in [9.17, 15) is 4.55 Å². The molecule has 0 heterocycles. The normalized spacial score (nSPS) is 13.3. The molecule has 1 unspecified atom stereocenters. The Bertz CT molecular complexity index is 319. The third-order valence-corrected chi connectivity index (χ3v) is 3.99. The number of aryl methyl sites for hydroxylation is 1.